The van der Waals surface area contributed by atoms with Crippen LogP contribution in [-0.2, 0) is 5.75 Å². The standard InChI is InChI=1S/C17H13ClN2OS2/c18-16-8-7-15(23-16)17(21)20-13-3-5-14(6-4-13)22-11-12-2-1-9-19-10-12/h1-10H,11H2,(H,20,21). The molecule has 0 saturated heterocycles. The van der Waals surface area contributed by atoms with E-state index in [-0.39, 0.29) is 5.91 Å². The summed E-state index contributed by atoms with van der Waals surface area (Å²) in [6.45, 7) is 0. The number of carbonyl (C=O) groups is 1. The van der Waals surface area contributed by atoms with Gasteiger partial charge in [0.15, 0.2) is 0 Å². The van der Waals surface area contributed by atoms with Crippen molar-refractivity contribution in [2.24, 2.45) is 0 Å². The summed E-state index contributed by atoms with van der Waals surface area (Å²) < 4.78 is 0.609. The molecular formula is C17H13ClN2OS2. The number of rotatable bonds is 5. The highest BCUT2D eigenvalue weighted by Gasteiger charge is 2.08. The molecule has 1 N–H and O–H groups in total. The topological polar surface area (TPSA) is 42.0 Å². The molecular weight excluding hydrogens is 348 g/mol. The third-order valence-corrected chi connectivity index (χ3v) is 5.35. The molecule has 0 bridgehead atoms. The van der Waals surface area contributed by atoms with Gasteiger partial charge in [0.1, 0.15) is 0 Å². The number of carbonyl (C=O) groups excluding carboxylic acids is 1. The molecule has 0 aliphatic heterocycles. The van der Waals surface area contributed by atoms with Gasteiger partial charge < -0.3 is 5.32 Å². The minimum absolute atomic E-state index is 0.141. The van der Waals surface area contributed by atoms with Crippen molar-refractivity contribution in [3.8, 4) is 0 Å². The number of anilines is 1. The van der Waals surface area contributed by atoms with Gasteiger partial charge in [0.2, 0.25) is 0 Å². The third-order valence-electron chi connectivity index (χ3n) is 3.04. The highest BCUT2D eigenvalue weighted by atomic mass is 35.5. The Morgan fingerprint density at radius 1 is 1.17 bits per heavy atom. The van der Waals surface area contributed by atoms with Crippen molar-refractivity contribution in [1.29, 1.82) is 0 Å². The van der Waals surface area contributed by atoms with Crippen molar-refractivity contribution < 1.29 is 4.79 Å². The van der Waals surface area contributed by atoms with Crippen molar-refractivity contribution in [2.75, 3.05) is 5.32 Å². The zero-order chi connectivity index (χ0) is 16.1. The molecule has 3 nitrogen and oxygen atoms in total. The summed E-state index contributed by atoms with van der Waals surface area (Å²) in [7, 11) is 0. The molecule has 6 heteroatoms. The summed E-state index contributed by atoms with van der Waals surface area (Å²) >= 11 is 8.84. The average molecular weight is 361 g/mol. The largest absolute Gasteiger partial charge is 0.321 e. The summed E-state index contributed by atoms with van der Waals surface area (Å²) in [4.78, 5) is 17.9. The molecule has 0 unspecified atom stereocenters. The summed E-state index contributed by atoms with van der Waals surface area (Å²) in [5.41, 5.74) is 1.95. The van der Waals surface area contributed by atoms with Gasteiger partial charge in [-0.2, -0.15) is 0 Å². The van der Waals surface area contributed by atoms with E-state index in [0.29, 0.717) is 9.21 Å². The van der Waals surface area contributed by atoms with Gasteiger partial charge in [0.05, 0.1) is 9.21 Å². The van der Waals surface area contributed by atoms with E-state index in [1.807, 2.05) is 36.5 Å². The first-order valence-corrected chi connectivity index (χ1v) is 9.07. The molecule has 0 saturated carbocycles. The number of pyridine rings is 1. The second kappa shape index (κ2) is 7.64. The number of nitrogens with zero attached hydrogens (tertiary/aromatic N) is 1. The Balaban J connectivity index is 1.57. The van der Waals surface area contributed by atoms with Gasteiger partial charge in [-0.15, -0.1) is 23.1 Å². The van der Waals surface area contributed by atoms with E-state index in [4.69, 9.17) is 11.6 Å². The molecule has 0 fully saturated rings. The fraction of sp³-hybridized carbons (Fsp3) is 0.0588. The first kappa shape index (κ1) is 16.1. The van der Waals surface area contributed by atoms with E-state index in [9.17, 15) is 4.79 Å². The molecule has 0 atom stereocenters. The summed E-state index contributed by atoms with van der Waals surface area (Å²) in [5.74, 6) is 0.727. The lowest BCUT2D eigenvalue weighted by molar-refractivity contribution is 0.103. The second-order valence-electron chi connectivity index (χ2n) is 4.73. The summed E-state index contributed by atoms with van der Waals surface area (Å²) in [6, 6.07) is 15.2. The number of halogens is 1. The normalized spacial score (nSPS) is 10.5. The Morgan fingerprint density at radius 2 is 2.00 bits per heavy atom. The highest BCUT2D eigenvalue weighted by molar-refractivity contribution is 7.98. The number of aromatic nitrogens is 1. The Hall–Kier alpha value is -1.82. The van der Waals surface area contributed by atoms with E-state index in [0.717, 1.165) is 16.3 Å². The molecule has 23 heavy (non-hydrogen) atoms. The molecule has 1 aromatic carbocycles. The molecule has 116 valence electrons. The van der Waals surface area contributed by atoms with Crippen LogP contribution in [0, 0.1) is 0 Å². The zero-order valence-electron chi connectivity index (χ0n) is 12.0. The number of thiophene rings is 1. The monoisotopic (exact) mass is 360 g/mol. The van der Waals surface area contributed by atoms with Crippen molar-refractivity contribution in [3.63, 3.8) is 0 Å². The van der Waals surface area contributed by atoms with Gasteiger partial charge in [-0.05, 0) is 48.0 Å². The molecule has 2 aromatic heterocycles. The van der Waals surface area contributed by atoms with Crippen molar-refractivity contribution in [2.45, 2.75) is 10.6 Å². The maximum Gasteiger partial charge on any atom is 0.265 e. The van der Waals surface area contributed by atoms with E-state index >= 15 is 0 Å². The van der Waals surface area contributed by atoms with Gasteiger partial charge in [0.25, 0.3) is 5.91 Å². The SMILES string of the molecule is O=C(Nc1ccc(SCc2cccnc2)cc1)c1ccc(Cl)s1. The molecule has 0 radical (unpaired) electrons. The number of thioether (sulfide) groups is 1. The maximum absolute atomic E-state index is 12.1. The van der Waals surface area contributed by atoms with Gasteiger partial charge in [-0.25, -0.2) is 0 Å². The predicted molar refractivity (Wildman–Crippen MR) is 97.5 cm³/mol. The number of hydrogen-bond acceptors (Lipinski definition) is 4. The molecule has 3 aromatic rings. The van der Waals surface area contributed by atoms with Crippen LogP contribution in [0.15, 0.2) is 65.8 Å². The van der Waals surface area contributed by atoms with Crippen LogP contribution in [0.3, 0.4) is 0 Å². The maximum atomic E-state index is 12.1. The lowest BCUT2D eigenvalue weighted by atomic mass is 10.3. The van der Waals surface area contributed by atoms with Crippen molar-refractivity contribution >= 4 is 46.3 Å². The number of hydrogen-bond donors (Lipinski definition) is 1. The third kappa shape index (κ3) is 4.58. The summed E-state index contributed by atoms with van der Waals surface area (Å²) in [5, 5.41) is 2.87. The van der Waals surface area contributed by atoms with Crippen LogP contribution in [0.2, 0.25) is 4.34 Å². The van der Waals surface area contributed by atoms with Crippen LogP contribution in [0.25, 0.3) is 0 Å². The van der Waals surface area contributed by atoms with Gasteiger partial charge >= 0.3 is 0 Å². The minimum Gasteiger partial charge on any atom is -0.321 e. The molecule has 0 aliphatic carbocycles. The van der Waals surface area contributed by atoms with Crippen LogP contribution in [0.5, 0.6) is 0 Å². The van der Waals surface area contributed by atoms with Crippen LogP contribution < -0.4 is 5.32 Å². The molecule has 0 spiro atoms. The van der Waals surface area contributed by atoms with Crippen LogP contribution in [-0.4, -0.2) is 10.9 Å². The fourth-order valence-corrected chi connectivity index (χ4v) is 3.68. The quantitative estimate of drug-likeness (QED) is 0.624. The molecule has 0 aliphatic rings. The first-order valence-electron chi connectivity index (χ1n) is 6.89. The Labute approximate surface area is 147 Å². The smallest absolute Gasteiger partial charge is 0.265 e. The lowest BCUT2D eigenvalue weighted by Gasteiger charge is -2.05. The van der Waals surface area contributed by atoms with Crippen LogP contribution >= 0.6 is 34.7 Å². The van der Waals surface area contributed by atoms with E-state index in [1.54, 1.807) is 30.1 Å². The van der Waals surface area contributed by atoms with E-state index in [1.165, 1.54) is 16.9 Å². The second-order valence-corrected chi connectivity index (χ2v) is 7.50. The van der Waals surface area contributed by atoms with Gasteiger partial charge in [0, 0.05) is 28.7 Å². The van der Waals surface area contributed by atoms with Gasteiger partial charge in [-0.3, -0.25) is 9.78 Å². The van der Waals surface area contributed by atoms with Crippen LogP contribution in [0.4, 0.5) is 5.69 Å². The van der Waals surface area contributed by atoms with E-state index < -0.39 is 0 Å². The van der Waals surface area contributed by atoms with Crippen molar-refractivity contribution in [3.05, 3.63) is 75.7 Å². The first-order chi connectivity index (χ1) is 11.2. The van der Waals surface area contributed by atoms with E-state index in [2.05, 4.69) is 16.4 Å². The average Bonchev–Trinajstić information content (AvgIpc) is 3.02. The molecule has 1 amide bonds. The predicted octanol–water partition coefficient (Wildman–Crippen LogP) is 5.34. The van der Waals surface area contributed by atoms with Gasteiger partial charge in [-0.1, -0.05) is 17.7 Å². The molecule has 3 rings (SSSR count). The molecule has 2 heterocycles. The van der Waals surface area contributed by atoms with Crippen molar-refractivity contribution in [1.82, 2.24) is 4.98 Å². The Morgan fingerprint density at radius 3 is 2.65 bits per heavy atom. The van der Waals surface area contributed by atoms with Crippen LogP contribution in [0.1, 0.15) is 15.2 Å². The minimum atomic E-state index is -0.141. The number of amides is 1. The lowest BCUT2D eigenvalue weighted by Crippen LogP contribution is -2.09. The highest BCUT2D eigenvalue weighted by Crippen LogP contribution is 2.25. The zero-order valence-corrected chi connectivity index (χ0v) is 14.4. The fourth-order valence-electron chi connectivity index (χ4n) is 1.91. The number of nitrogens with one attached hydrogen (secondary N) is 1. The Bertz CT molecular complexity index is 788. The number of benzene rings is 1. The Kier molecular flexibility index (Phi) is 5.33. The summed E-state index contributed by atoms with van der Waals surface area (Å²) in [6.07, 6.45) is 3.64.